The van der Waals surface area contributed by atoms with Crippen LogP contribution >= 0.6 is 0 Å². The minimum Gasteiger partial charge on any atom is -0.342 e. The molecule has 1 heterocycles. The number of nitrogens with two attached hydrogens (primary N) is 1. The van der Waals surface area contributed by atoms with Crippen molar-refractivity contribution in [1.82, 2.24) is 4.90 Å². The van der Waals surface area contributed by atoms with E-state index < -0.39 is 0 Å². The smallest absolute Gasteiger partial charge is 0.230 e. The molecule has 0 aromatic rings. The molecule has 0 aromatic carbocycles. The summed E-state index contributed by atoms with van der Waals surface area (Å²) in [7, 11) is 0. The molecule has 2 unspecified atom stereocenters. The Hall–Kier alpha value is -0.570. The van der Waals surface area contributed by atoms with E-state index in [0.717, 1.165) is 38.8 Å². The van der Waals surface area contributed by atoms with Crippen LogP contribution in [0.2, 0.25) is 0 Å². The standard InChI is InChI=1S/C14H26N2O/c1-13(2)7-5-9-16(10-13)12(17)14(3)8-4-6-11(14)15/h11H,4-10,15H2,1-3H3. The second-order valence-corrected chi connectivity index (χ2v) is 6.91. The largest absolute Gasteiger partial charge is 0.342 e. The van der Waals surface area contributed by atoms with Gasteiger partial charge in [-0.1, -0.05) is 20.3 Å². The maximum Gasteiger partial charge on any atom is 0.230 e. The normalized spacial score (nSPS) is 37.2. The second kappa shape index (κ2) is 4.27. The summed E-state index contributed by atoms with van der Waals surface area (Å²) in [5.74, 6) is 0.301. The molecule has 3 heteroatoms. The van der Waals surface area contributed by atoms with Crippen LogP contribution in [0.15, 0.2) is 0 Å². The molecule has 1 aliphatic carbocycles. The van der Waals surface area contributed by atoms with Crippen molar-refractivity contribution < 1.29 is 4.79 Å². The Morgan fingerprint density at radius 3 is 2.47 bits per heavy atom. The molecule has 3 nitrogen and oxygen atoms in total. The lowest BCUT2D eigenvalue weighted by Crippen LogP contribution is -2.53. The summed E-state index contributed by atoms with van der Waals surface area (Å²) >= 11 is 0. The lowest BCUT2D eigenvalue weighted by atomic mass is 9.80. The highest BCUT2D eigenvalue weighted by molar-refractivity contribution is 5.83. The van der Waals surface area contributed by atoms with Crippen LogP contribution < -0.4 is 5.73 Å². The molecule has 2 aliphatic rings. The zero-order chi connectivity index (χ0) is 12.7. The van der Waals surface area contributed by atoms with Crippen LogP contribution in [0, 0.1) is 10.8 Å². The molecule has 2 rings (SSSR count). The highest BCUT2D eigenvalue weighted by Crippen LogP contribution is 2.40. The first-order chi connectivity index (χ1) is 7.85. The van der Waals surface area contributed by atoms with Crippen LogP contribution in [-0.2, 0) is 4.79 Å². The molecule has 98 valence electrons. The number of piperidine rings is 1. The first-order valence-corrected chi connectivity index (χ1v) is 6.90. The number of hydrogen-bond donors (Lipinski definition) is 1. The lowest BCUT2D eigenvalue weighted by molar-refractivity contribution is -0.144. The van der Waals surface area contributed by atoms with Crippen molar-refractivity contribution in [2.45, 2.75) is 58.9 Å². The first kappa shape index (κ1) is 12.9. The second-order valence-electron chi connectivity index (χ2n) is 6.91. The minimum absolute atomic E-state index is 0.0556. The van der Waals surface area contributed by atoms with Gasteiger partial charge in [-0.15, -0.1) is 0 Å². The fourth-order valence-corrected chi connectivity index (χ4v) is 3.42. The van der Waals surface area contributed by atoms with E-state index in [1.165, 1.54) is 6.42 Å². The third kappa shape index (κ3) is 2.35. The summed E-state index contributed by atoms with van der Waals surface area (Å²) in [6.07, 6.45) is 5.41. The van der Waals surface area contributed by atoms with Crippen LogP contribution in [0.3, 0.4) is 0 Å². The molecule has 0 aromatic heterocycles. The summed E-state index contributed by atoms with van der Waals surface area (Å²) in [5, 5.41) is 0. The van der Waals surface area contributed by atoms with Crippen molar-refractivity contribution in [1.29, 1.82) is 0 Å². The molecule has 1 saturated heterocycles. The van der Waals surface area contributed by atoms with Crippen LogP contribution in [-0.4, -0.2) is 29.9 Å². The highest BCUT2D eigenvalue weighted by atomic mass is 16.2. The number of nitrogens with zero attached hydrogens (tertiary/aromatic N) is 1. The van der Waals surface area contributed by atoms with Gasteiger partial charge >= 0.3 is 0 Å². The van der Waals surface area contributed by atoms with Crippen molar-refractivity contribution in [2.24, 2.45) is 16.6 Å². The van der Waals surface area contributed by atoms with Crippen molar-refractivity contribution in [3.05, 3.63) is 0 Å². The number of carbonyl (C=O) groups is 1. The van der Waals surface area contributed by atoms with Gasteiger partial charge in [-0.25, -0.2) is 0 Å². The third-order valence-corrected chi connectivity index (χ3v) is 4.71. The Morgan fingerprint density at radius 2 is 1.94 bits per heavy atom. The monoisotopic (exact) mass is 238 g/mol. The fourth-order valence-electron chi connectivity index (χ4n) is 3.42. The summed E-state index contributed by atoms with van der Waals surface area (Å²) in [5.41, 5.74) is 6.11. The SMILES string of the molecule is CC1(C)CCCN(C(=O)C2(C)CCCC2N)C1. The topological polar surface area (TPSA) is 46.3 Å². The molecular weight excluding hydrogens is 212 g/mol. The molecule has 1 aliphatic heterocycles. The van der Waals surface area contributed by atoms with E-state index in [9.17, 15) is 4.79 Å². The van der Waals surface area contributed by atoms with Gasteiger partial charge in [-0.3, -0.25) is 4.79 Å². The molecule has 1 saturated carbocycles. The summed E-state index contributed by atoms with van der Waals surface area (Å²) in [6, 6.07) is 0.0556. The van der Waals surface area contributed by atoms with Gasteiger partial charge in [0.05, 0.1) is 5.41 Å². The van der Waals surface area contributed by atoms with Gasteiger partial charge < -0.3 is 10.6 Å². The predicted octanol–water partition coefficient (Wildman–Crippen LogP) is 2.15. The molecule has 0 radical (unpaired) electrons. The molecule has 17 heavy (non-hydrogen) atoms. The van der Waals surface area contributed by atoms with E-state index in [4.69, 9.17) is 5.73 Å². The summed E-state index contributed by atoms with van der Waals surface area (Å²) in [4.78, 5) is 14.7. The molecule has 0 spiro atoms. The number of likely N-dealkylation sites (tertiary alicyclic amines) is 1. The Balaban J connectivity index is 2.09. The van der Waals surface area contributed by atoms with E-state index in [-0.39, 0.29) is 16.9 Å². The zero-order valence-corrected chi connectivity index (χ0v) is 11.5. The number of carbonyl (C=O) groups excluding carboxylic acids is 1. The first-order valence-electron chi connectivity index (χ1n) is 6.90. The summed E-state index contributed by atoms with van der Waals surface area (Å²) < 4.78 is 0. The average molecular weight is 238 g/mol. The summed E-state index contributed by atoms with van der Waals surface area (Å²) in [6.45, 7) is 8.39. The molecule has 0 bridgehead atoms. The van der Waals surface area contributed by atoms with Crippen LogP contribution in [0.25, 0.3) is 0 Å². The van der Waals surface area contributed by atoms with Crippen molar-refractivity contribution in [3.63, 3.8) is 0 Å². The highest BCUT2D eigenvalue weighted by Gasteiger charge is 2.46. The average Bonchev–Trinajstić information content (AvgIpc) is 2.58. The van der Waals surface area contributed by atoms with E-state index in [0.29, 0.717) is 5.91 Å². The van der Waals surface area contributed by atoms with E-state index >= 15 is 0 Å². The maximum atomic E-state index is 12.7. The van der Waals surface area contributed by atoms with Crippen LogP contribution in [0.1, 0.15) is 52.9 Å². The van der Waals surface area contributed by atoms with Crippen LogP contribution in [0.4, 0.5) is 0 Å². The number of rotatable bonds is 1. The van der Waals surface area contributed by atoms with Gasteiger partial charge in [0.15, 0.2) is 0 Å². The Labute approximate surface area is 105 Å². The van der Waals surface area contributed by atoms with Crippen LogP contribution in [0.5, 0.6) is 0 Å². The zero-order valence-electron chi connectivity index (χ0n) is 11.5. The molecule has 1 amide bonds. The lowest BCUT2D eigenvalue weighted by Gasteiger charge is -2.42. The molecular formula is C14H26N2O. The van der Waals surface area contributed by atoms with E-state index in [2.05, 4.69) is 25.7 Å². The van der Waals surface area contributed by atoms with Crippen molar-refractivity contribution in [2.75, 3.05) is 13.1 Å². The van der Waals surface area contributed by atoms with Crippen molar-refractivity contribution in [3.8, 4) is 0 Å². The van der Waals surface area contributed by atoms with E-state index in [1.54, 1.807) is 0 Å². The predicted molar refractivity (Wildman–Crippen MR) is 69.5 cm³/mol. The molecule has 2 N–H and O–H groups in total. The molecule has 2 atom stereocenters. The van der Waals surface area contributed by atoms with E-state index in [1.807, 2.05) is 0 Å². The Bertz CT molecular complexity index is 313. The number of amides is 1. The van der Waals surface area contributed by atoms with Gasteiger partial charge in [-0.05, 0) is 38.0 Å². The third-order valence-electron chi connectivity index (χ3n) is 4.71. The Kier molecular flexibility index (Phi) is 3.23. The van der Waals surface area contributed by atoms with Gasteiger partial charge in [-0.2, -0.15) is 0 Å². The minimum atomic E-state index is -0.298. The quantitative estimate of drug-likeness (QED) is 0.761. The Morgan fingerprint density at radius 1 is 1.24 bits per heavy atom. The van der Waals surface area contributed by atoms with Gasteiger partial charge in [0, 0.05) is 19.1 Å². The molecule has 2 fully saturated rings. The van der Waals surface area contributed by atoms with Gasteiger partial charge in [0.1, 0.15) is 0 Å². The number of hydrogen-bond acceptors (Lipinski definition) is 2. The fraction of sp³-hybridized carbons (Fsp3) is 0.929. The van der Waals surface area contributed by atoms with Gasteiger partial charge in [0.2, 0.25) is 5.91 Å². The maximum absolute atomic E-state index is 12.7. The van der Waals surface area contributed by atoms with Crippen molar-refractivity contribution >= 4 is 5.91 Å². The van der Waals surface area contributed by atoms with Gasteiger partial charge in [0.25, 0.3) is 0 Å².